The van der Waals surface area contributed by atoms with Gasteiger partial charge in [-0.25, -0.2) is 4.39 Å². The Morgan fingerprint density at radius 2 is 2.35 bits per heavy atom. The first-order valence-electron chi connectivity index (χ1n) is 5.94. The molecule has 17 heavy (non-hydrogen) atoms. The monoisotopic (exact) mass is 301 g/mol. The third-order valence-electron chi connectivity index (χ3n) is 3.08. The van der Waals surface area contributed by atoms with E-state index < -0.39 is 0 Å². The minimum Gasteiger partial charge on any atom is -0.378 e. The highest BCUT2D eigenvalue weighted by atomic mass is 79.9. The second-order valence-electron chi connectivity index (χ2n) is 4.52. The molecule has 2 unspecified atom stereocenters. The van der Waals surface area contributed by atoms with Crippen LogP contribution < -0.4 is 5.32 Å². The molecule has 0 aromatic heterocycles. The van der Waals surface area contributed by atoms with Crippen molar-refractivity contribution in [1.82, 2.24) is 5.32 Å². The molecule has 1 N–H and O–H groups in total. The predicted octanol–water partition coefficient (Wildman–Crippen LogP) is 3.25. The molecule has 2 nitrogen and oxygen atoms in total. The number of ether oxygens (including phenoxy) is 1. The maximum Gasteiger partial charge on any atom is 0.124 e. The lowest BCUT2D eigenvalue weighted by molar-refractivity contribution is 0.0130. The van der Waals surface area contributed by atoms with Gasteiger partial charge in [0.15, 0.2) is 0 Å². The van der Waals surface area contributed by atoms with E-state index in [0.717, 1.165) is 36.0 Å². The van der Waals surface area contributed by atoms with Gasteiger partial charge in [0.25, 0.3) is 0 Å². The van der Waals surface area contributed by atoms with Crippen LogP contribution in [0.2, 0.25) is 0 Å². The molecule has 1 aliphatic heterocycles. The van der Waals surface area contributed by atoms with Gasteiger partial charge in [-0.15, -0.1) is 0 Å². The Labute approximate surface area is 110 Å². The fourth-order valence-electron chi connectivity index (χ4n) is 2.10. The minimum atomic E-state index is -0.208. The number of benzene rings is 1. The first-order valence-corrected chi connectivity index (χ1v) is 6.73. The number of hydrogen-bond acceptors (Lipinski definition) is 2. The summed E-state index contributed by atoms with van der Waals surface area (Å²) in [4.78, 5) is 0. The topological polar surface area (TPSA) is 21.3 Å². The van der Waals surface area contributed by atoms with E-state index in [1.807, 2.05) is 6.07 Å². The van der Waals surface area contributed by atoms with Crippen molar-refractivity contribution in [3.05, 3.63) is 34.1 Å². The van der Waals surface area contributed by atoms with Crippen molar-refractivity contribution in [2.24, 2.45) is 0 Å². The average Bonchev–Trinajstić information content (AvgIpc) is 2.28. The zero-order valence-electron chi connectivity index (χ0n) is 9.88. The van der Waals surface area contributed by atoms with Gasteiger partial charge in [0.1, 0.15) is 5.82 Å². The zero-order chi connectivity index (χ0) is 12.3. The smallest absolute Gasteiger partial charge is 0.124 e. The summed E-state index contributed by atoms with van der Waals surface area (Å²) in [5, 5.41) is 3.50. The van der Waals surface area contributed by atoms with E-state index in [9.17, 15) is 4.39 Å². The molecule has 1 aliphatic rings. The molecule has 0 spiro atoms. The average molecular weight is 302 g/mol. The van der Waals surface area contributed by atoms with Crippen LogP contribution in [0.25, 0.3) is 0 Å². The highest BCUT2D eigenvalue weighted by Crippen LogP contribution is 2.19. The Hall–Kier alpha value is -0.450. The molecule has 0 radical (unpaired) electrons. The maximum atomic E-state index is 12.9. The van der Waals surface area contributed by atoms with Gasteiger partial charge in [-0.2, -0.15) is 0 Å². The molecular weight excluding hydrogens is 285 g/mol. The molecule has 4 heteroatoms. The molecule has 94 valence electrons. The van der Waals surface area contributed by atoms with E-state index in [4.69, 9.17) is 4.74 Å². The van der Waals surface area contributed by atoms with Crippen LogP contribution in [-0.2, 0) is 11.3 Å². The highest BCUT2D eigenvalue weighted by molar-refractivity contribution is 9.10. The van der Waals surface area contributed by atoms with Crippen LogP contribution >= 0.6 is 15.9 Å². The van der Waals surface area contributed by atoms with Gasteiger partial charge in [-0.05, 0) is 37.5 Å². The molecule has 1 aromatic carbocycles. The maximum absolute atomic E-state index is 12.9. The molecule has 1 saturated heterocycles. The second kappa shape index (κ2) is 5.94. The van der Waals surface area contributed by atoms with E-state index in [1.54, 1.807) is 0 Å². The summed E-state index contributed by atoms with van der Waals surface area (Å²) in [6, 6.07) is 5.31. The van der Waals surface area contributed by atoms with Gasteiger partial charge >= 0.3 is 0 Å². The summed E-state index contributed by atoms with van der Waals surface area (Å²) >= 11 is 3.38. The second-order valence-corrected chi connectivity index (χ2v) is 5.37. The van der Waals surface area contributed by atoms with Gasteiger partial charge in [0.2, 0.25) is 0 Å². The van der Waals surface area contributed by atoms with E-state index in [1.165, 1.54) is 12.1 Å². The SMILES string of the molecule is CC1CC(NCc2ccc(F)cc2Br)CCO1. The van der Waals surface area contributed by atoms with Crippen LogP contribution in [0.3, 0.4) is 0 Å². The standard InChI is InChI=1S/C13H17BrFNO/c1-9-6-12(4-5-17-9)16-8-10-2-3-11(15)7-13(10)14/h2-3,7,9,12,16H,4-6,8H2,1H3. The van der Waals surface area contributed by atoms with Crippen molar-refractivity contribution in [2.45, 2.75) is 38.5 Å². The van der Waals surface area contributed by atoms with E-state index in [2.05, 4.69) is 28.2 Å². The molecule has 1 heterocycles. The van der Waals surface area contributed by atoms with Crippen LogP contribution in [0.4, 0.5) is 4.39 Å². The van der Waals surface area contributed by atoms with Crippen molar-refractivity contribution in [3.63, 3.8) is 0 Å². The Kier molecular flexibility index (Phi) is 4.54. The number of halogens is 2. The molecule has 0 amide bonds. The van der Waals surface area contributed by atoms with Gasteiger partial charge < -0.3 is 10.1 Å². The lowest BCUT2D eigenvalue weighted by Gasteiger charge is -2.28. The fraction of sp³-hybridized carbons (Fsp3) is 0.538. The molecule has 1 aromatic rings. The van der Waals surface area contributed by atoms with E-state index in [-0.39, 0.29) is 5.82 Å². The number of rotatable bonds is 3. The molecule has 1 fully saturated rings. The molecular formula is C13H17BrFNO. The van der Waals surface area contributed by atoms with Crippen molar-refractivity contribution in [1.29, 1.82) is 0 Å². The van der Waals surface area contributed by atoms with Crippen molar-refractivity contribution in [2.75, 3.05) is 6.61 Å². The van der Waals surface area contributed by atoms with Gasteiger partial charge in [0.05, 0.1) is 6.10 Å². The van der Waals surface area contributed by atoms with Crippen molar-refractivity contribution >= 4 is 15.9 Å². The molecule has 0 bridgehead atoms. The van der Waals surface area contributed by atoms with Crippen LogP contribution in [0, 0.1) is 5.82 Å². The van der Waals surface area contributed by atoms with E-state index in [0.29, 0.717) is 12.1 Å². The van der Waals surface area contributed by atoms with Gasteiger partial charge in [0, 0.05) is 23.7 Å². The normalized spacial score (nSPS) is 24.9. The van der Waals surface area contributed by atoms with Crippen molar-refractivity contribution in [3.8, 4) is 0 Å². The van der Waals surface area contributed by atoms with Crippen LogP contribution in [0.15, 0.2) is 22.7 Å². The van der Waals surface area contributed by atoms with Gasteiger partial charge in [-0.1, -0.05) is 22.0 Å². The summed E-state index contributed by atoms with van der Waals surface area (Å²) in [5.41, 5.74) is 1.09. The first kappa shape index (κ1) is 13.0. The third-order valence-corrected chi connectivity index (χ3v) is 3.82. The van der Waals surface area contributed by atoms with Crippen molar-refractivity contribution < 1.29 is 9.13 Å². The predicted molar refractivity (Wildman–Crippen MR) is 69.4 cm³/mol. The summed E-state index contributed by atoms with van der Waals surface area (Å²) in [5.74, 6) is -0.208. The molecule has 0 saturated carbocycles. The quantitative estimate of drug-likeness (QED) is 0.925. The Morgan fingerprint density at radius 3 is 3.06 bits per heavy atom. The molecule has 2 rings (SSSR count). The zero-order valence-corrected chi connectivity index (χ0v) is 11.5. The Balaban J connectivity index is 1.88. The highest BCUT2D eigenvalue weighted by Gasteiger charge is 2.18. The van der Waals surface area contributed by atoms with Crippen LogP contribution in [-0.4, -0.2) is 18.8 Å². The van der Waals surface area contributed by atoms with Crippen LogP contribution in [0.1, 0.15) is 25.3 Å². The summed E-state index contributed by atoms with van der Waals surface area (Å²) < 4.78 is 19.3. The molecule has 2 atom stereocenters. The lowest BCUT2D eigenvalue weighted by atomic mass is 10.0. The third kappa shape index (κ3) is 3.76. The van der Waals surface area contributed by atoms with E-state index >= 15 is 0 Å². The van der Waals surface area contributed by atoms with Gasteiger partial charge in [-0.3, -0.25) is 0 Å². The first-order chi connectivity index (χ1) is 8.15. The van der Waals surface area contributed by atoms with Crippen LogP contribution in [0.5, 0.6) is 0 Å². The lowest BCUT2D eigenvalue weighted by Crippen LogP contribution is -2.37. The molecule has 0 aliphatic carbocycles. The summed E-state index contributed by atoms with van der Waals surface area (Å²) in [6.07, 6.45) is 2.42. The largest absolute Gasteiger partial charge is 0.378 e. The number of hydrogen-bond donors (Lipinski definition) is 1. The Bertz CT molecular complexity index is 386. The summed E-state index contributed by atoms with van der Waals surface area (Å²) in [6.45, 7) is 3.68. The minimum absolute atomic E-state index is 0.208. The summed E-state index contributed by atoms with van der Waals surface area (Å²) in [7, 11) is 0. The number of nitrogens with one attached hydrogen (secondary N) is 1. The Morgan fingerprint density at radius 1 is 1.53 bits per heavy atom. The fourth-order valence-corrected chi connectivity index (χ4v) is 2.59.